The topological polar surface area (TPSA) is 30.2 Å². The number of rotatable bonds is 3. The lowest BCUT2D eigenvalue weighted by Crippen LogP contribution is -2.00. The van der Waals surface area contributed by atoms with Crippen molar-refractivity contribution in [3.8, 4) is 0 Å². The molecular formula is C14H9ClO2S. The molecule has 0 bridgehead atoms. The minimum absolute atomic E-state index is 0.0132. The lowest BCUT2D eigenvalue weighted by molar-refractivity contribution is 0.0968. The van der Waals surface area contributed by atoms with Gasteiger partial charge in [-0.05, 0) is 46.7 Å². The maximum atomic E-state index is 12.0. The molecule has 0 aliphatic carbocycles. The van der Waals surface area contributed by atoms with Gasteiger partial charge in [-0.3, -0.25) is 4.79 Å². The van der Waals surface area contributed by atoms with Crippen molar-refractivity contribution in [2.24, 2.45) is 0 Å². The van der Waals surface area contributed by atoms with Crippen LogP contribution in [0, 0.1) is 0 Å². The van der Waals surface area contributed by atoms with E-state index in [1.807, 2.05) is 16.8 Å². The summed E-state index contributed by atoms with van der Waals surface area (Å²) >= 11 is 7.48. The van der Waals surface area contributed by atoms with Crippen LogP contribution in [0.4, 0.5) is 0 Å². The smallest absolute Gasteiger partial charge is 0.202 e. The van der Waals surface area contributed by atoms with Crippen molar-refractivity contribution in [3.63, 3.8) is 0 Å². The molecule has 0 unspecified atom stereocenters. The molecule has 0 aliphatic rings. The molecule has 0 N–H and O–H groups in total. The van der Waals surface area contributed by atoms with Gasteiger partial charge in [-0.1, -0.05) is 11.6 Å². The Labute approximate surface area is 113 Å². The van der Waals surface area contributed by atoms with Gasteiger partial charge in [0.1, 0.15) is 5.58 Å². The maximum Gasteiger partial charge on any atom is 0.202 e. The van der Waals surface area contributed by atoms with Crippen molar-refractivity contribution < 1.29 is 9.21 Å². The van der Waals surface area contributed by atoms with Crippen LogP contribution >= 0.6 is 22.9 Å². The van der Waals surface area contributed by atoms with Gasteiger partial charge in [0.25, 0.3) is 0 Å². The summed E-state index contributed by atoms with van der Waals surface area (Å²) in [7, 11) is 0. The van der Waals surface area contributed by atoms with Gasteiger partial charge in [0.15, 0.2) is 5.76 Å². The Balaban J connectivity index is 1.92. The first-order chi connectivity index (χ1) is 8.72. The number of carbonyl (C=O) groups is 1. The van der Waals surface area contributed by atoms with Crippen molar-refractivity contribution in [2.45, 2.75) is 6.42 Å². The summed E-state index contributed by atoms with van der Waals surface area (Å²) in [5.74, 6) is 0.374. The maximum absolute atomic E-state index is 12.0. The summed E-state index contributed by atoms with van der Waals surface area (Å²) in [5, 5.41) is 5.43. The summed E-state index contributed by atoms with van der Waals surface area (Å²) in [5.41, 5.74) is 1.71. The highest BCUT2D eigenvalue weighted by molar-refractivity contribution is 7.08. The van der Waals surface area contributed by atoms with Crippen LogP contribution in [-0.4, -0.2) is 5.78 Å². The number of hydrogen-bond donors (Lipinski definition) is 0. The van der Waals surface area contributed by atoms with E-state index in [1.165, 1.54) is 0 Å². The zero-order chi connectivity index (χ0) is 12.5. The summed E-state index contributed by atoms with van der Waals surface area (Å²) in [6, 6.07) is 9.01. The van der Waals surface area contributed by atoms with Crippen LogP contribution in [0.2, 0.25) is 5.02 Å². The first-order valence-corrected chi connectivity index (χ1v) is 6.78. The SMILES string of the molecule is O=C(Cc1ccsc1)c1cc2cc(Cl)ccc2o1. The number of ketones is 1. The molecule has 0 radical (unpaired) electrons. The number of hydrogen-bond acceptors (Lipinski definition) is 3. The standard InChI is InChI=1S/C14H9ClO2S/c15-11-1-2-13-10(6-11)7-14(17-13)12(16)5-9-3-4-18-8-9/h1-4,6-8H,5H2. The molecule has 3 rings (SSSR count). The van der Waals surface area contributed by atoms with Gasteiger partial charge in [0.2, 0.25) is 5.78 Å². The van der Waals surface area contributed by atoms with Gasteiger partial charge in [-0.2, -0.15) is 11.3 Å². The van der Waals surface area contributed by atoms with Crippen LogP contribution in [0.25, 0.3) is 11.0 Å². The van der Waals surface area contributed by atoms with Gasteiger partial charge in [0, 0.05) is 16.8 Å². The Hall–Kier alpha value is -1.58. The molecule has 0 aliphatic heterocycles. The Bertz CT molecular complexity index is 698. The number of furan rings is 1. The van der Waals surface area contributed by atoms with Gasteiger partial charge in [0.05, 0.1) is 0 Å². The number of fused-ring (bicyclic) bond motifs is 1. The van der Waals surface area contributed by atoms with Gasteiger partial charge < -0.3 is 4.42 Å². The molecule has 3 aromatic rings. The van der Waals surface area contributed by atoms with Crippen LogP contribution < -0.4 is 0 Å². The predicted octanol–water partition coefficient (Wildman–Crippen LogP) is 4.57. The monoisotopic (exact) mass is 276 g/mol. The van der Waals surface area contributed by atoms with Crippen molar-refractivity contribution in [2.75, 3.05) is 0 Å². The number of halogens is 1. The van der Waals surface area contributed by atoms with Crippen molar-refractivity contribution in [1.29, 1.82) is 0 Å². The normalized spacial score (nSPS) is 10.9. The van der Waals surface area contributed by atoms with E-state index in [1.54, 1.807) is 35.6 Å². The van der Waals surface area contributed by atoms with E-state index in [0.29, 0.717) is 22.8 Å². The summed E-state index contributed by atoms with van der Waals surface area (Å²) < 4.78 is 5.53. The molecular weight excluding hydrogens is 268 g/mol. The highest BCUT2D eigenvalue weighted by Crippen LogP contribution is 2.24. The minimum Gasteiger partial charge on any atom is -0.453 e. The van der Waals surface area contributed by atoms with Crippen LogP contribution in [0.5, 0.6) is 0 Å². The highest BCUT2D eigenvalue weighted by atomic mass is 35.5. The average molecular weight is 277 g/mol. The first-order valence-electron chi connectivity index (χ1n) is 5.46. The third kappa shape index (κ3) is 2.19. The molecule has 4 heteroatoms. The van der Waals surface area contributed by atoms with Crippen molar-refractivity contribution in [3.05, 3.63) is 57.4 Å². The Kier molecular flexibility index (Phi) is 2.94. The van der Waals surface area contributed by atoms with Gasteiger partial charge >= 0.3 is 0 Å². The second kappa shape index (κ2) is 4.59. The first kappa shape index (κ1) is 11.5. The van der Waals surface area contributed by atoms with Crippen molar-refractivity contribution >= 4 is 39.7 Å². The van der Waals surface area contributed by atoms with Gasteiger partial charge in [-0.15, -0.1) is 0 Å². The second-order valence-electron chi connectivity index (χ2n) is 4.02. The van der Waals surface area contributed by atoms with E-state index in [2.05, 4.69) is 0 Å². The van der Waals surface area contributed by atoms with Crippen LogP contribution in [0.15, 0.2) is 45.5 Å². The molecule has 18 heavy (non-hydrogen) atoms. The number of thiophene rings is 1. The molecule has 0 saturated heterocycles. The Morgan fingerprint density at radius 1 is 1.28 bits per heavy atom. The van der Waals surface area contributed by atoms with Gasteiger partial charge in [-0.25, -0.2) is 0 Å². The molecule has 90 valence electrons. The fourth-order valence-corrected chi connectivity index (χ4v) is 2.67. The molecule has 1 aromatic carbocycles. The van der Waals surface area contributed by atoms with E-state index in [9.17, 15) is 4.79 Å². The quantitative estimate of drug-likeness (QED) is 0.656. The largest absolute Gasteiger partial charge is 0.453 e. The van der Waals surface area contributed by atoms with Crippen molar-refractivity contribution in [1.82, 2.24) is 0 Å². The second-order valence-corrected chi connectivity index (χ2v) is 5.24. The fourth-order valence-electron chi connectivity index (χ4n) is 1.82. The van der Waals surface area contributed by atoms with E-state index >= 15 is 0 Å². The van der Waals surface area contributed by atoms with E-state index < -0.39 is 0 Å². The van der Waals surface area contributed by atoms with E-state index in [0.717, 1.165) is 10.9 Å². The molecule has 0 spiro atoms. The van der Waals surface area contributed by atoms with Crippen LogP contribution in [-0.2, 0) is 6.42 Å². The Morgan fingerprint density at radius 2 is 2.17 bits per heavy atom. The Morgan fingerprint density at radius 3 is 2.94 bits per heavy atom. The molecule has 0 saturated carbocycles. The lowest BCUT2D eigenvalue weighted by Gasteiger charge is -1.93. The molecule has 2 nitrogen and oxygen atoms in total. The lowest BCUT2D eigenvalue weighted by atomic mass is 10.1. The number of benzene rings is 1. The van der Waals surface area contributed by atoms with Crippen LogP contribution in [0.3, 0.4) is 0 Å². The summed E-state index contributed by atoms with van der Waals surface area (Å²) in [4.78, 5) is 12.0. The van der Waals surface area contributed by atoms with E-state index in [4.69, 9.17) is 16.0 Å². The summed E-state index contributed by atoms with van der Waals surface area (Å²) in [6.45, 7) is 0. The average Bonchev–Trinajstić information content (AvgIpc) is 2.96. The zero-order valence-electron chi connectivity index (χ0n) is 9.35. The highest BCUT2D eigenvalue weighted by Gasteiger charge is 2.13. The molecule has 2 aromatic heterocycles. The fraction of sp³-hybridized carbons (Fsp3) is 0.0714. The summed E-state index contributed by atoms with van der Waals surface area (Å²) in [6.07, 6.45) is 0.372. The zero-order valence-corrected chi connectivity index (χ0v) is 10.9. The number of Topliss-reactive ketones (excluding diaryl/α,β-unsaturated/α-hetero) is 1. The predicted molar refractivity (Wildman–Crippen MR) is 73.6 cm³/mol. The van der Waals surface area contributed by atoms with Crippen LogP contribution in [0.1, 0.15) is 16.1 Å². The third-order valence-electron chi connectivity index (χ3n) is 2.70. The number of carbonyl (C=O) groups excluding carboxylic acids is 1. The minimum atomic E-state index is -0.0132. The third-order valence-corrected chi connectivity index (χ3v) is 3.67. The van der Waals surface area contributed by atoms with E-state index in [-0.39, 0.29) is 5.78 Å². The molecule has 2 heterocycles. The molecule has 0 atom stereocenters. The molecule has 0 amide bonds. The molecule has 0 fully saturated rings.